The van der Waals surface area contributed by atoms with Crippen LogP contribution in [0.3, 0.4) is 0 Å². The van der Waals surface area contributed by atoms with Crippen molar-refractivity contribution in [3.8, 4) is 0 Å². The van der Waals surface area contributed by atoms with E-state index in [2.05, 4.69) is 123 Å². The molecule has 1 heterocycles. The minimum atomic E-state index is -0.0962. The number of aromatic nitrogens is 1. The van der Waals surface area contributed by atoms with E-state index in [1.165, 1.54) is 23.5 Å². The molecule has 0 saturated heterocycles. The summed E-state index contributed by atoms with van der Waals surface area (Å²) in [5.41, 5.74) is 7.22. The molecule has 1 aromatic heterocycles. The summed E-state index contributed by atoms with van der Waals surface area (Å²) in [5, 5.41) is 6.58. The molecule has 3 aromatic carbocycles. The average Bonchev–Trinajstić information content (AvgIpc) is 3.04. The highest BCUT2D eigenvalue weighted by atomic mass is 127. The van der Waals surface area contributed by atoms with Gasteiger partial charge >= 0.3 is 0 Å². The SMILES string of the molecule is CC(C)c1ccc(/C=N/NC(=O)CCn2c3ccc(I)cc3c3cc(I)ccc32)cc1. The molecular weight excluding hydrogens is 612 g/mol. The van der Waals surface area contributed by atoms with E-state index in [0.717, 1.165) is 16.6 Å². The molecule has 1 amide bonds. The number of aryl methyl sites for hydroxylation is 1. The van der Waals surface area contributed by atoms with Gasteiger partial charge in [0, 0.05) is 41.9 Å². The van der Waals surface area contributed by atoms with Crippen LogP contribution >= 0.6 is 45.2 Å². The lowest BCUT2D eigenvalue weighted by Gasteiger charge is -2.07. The van der Waals surface area contributed by atoms with E-state index in [1.54, 1.807) is 6.21 Å². The Bertz CT molecular complexity index is 1210. The molecular formula is C25H23I2N3O. The number of hydrogen-bond donors (Lipinski definition) is 1. The molecule has 4 aromatic rings. The molecule has 0 aliphatic carbocycles. The largest absolute Gasteiger partial charge is 0.340 e. The van der Waals surface area contributed by atoms with Crippen molar-refractivity contribution in [2.45, 2.75) is 32.7 Å². The van der Waals surface area contributed by atoms with Crippen LogP contribution in [-0.2, 0) is 11.3 Å². The summed E-state index contributed by atoms with van der Waals surface area (Å²) in [7, 11) is 0. The standard InChI is InChI=1S/C25H23I2N3O/c1-16(2)18-5-3-17(4-6-18)15-28-29-25(31)11-12-30-23-9-7-19(26)13-21(23)22-14-20(27)8-10-24(22)30/h3-10,13-16H,11-12H2,1-2H3,(H,29,31)/b28-15+. The van der Waals surface area contributed by atoms with Gasteiger partial charge in [-0.05, 0) is 98.6 Å². The van der Waals surface area contributed by atoms with Crippen LogP contribution in [0.5, 0.6) is 0 Å². The van der Waals surface area contributed by atoms with Crippen LogP contribution in [0.2, 0.25) is 0 Å². The number of hydrazone groups is 1. The van der Waals surface area contributed by atoms with Crippen LogP contribution in [0.25, 0.3) is 21.8 Å². The van der Waals surface area contributed by atoms with Crippen LogP contribution in [-0.4, -0.2) is 16.7 Å². The van der Waals surface area contributed by atoms with E-state index in [9.17, 15) is 4.79 Å². The summed E-state index contributed by atoms with van der Waals surface area (Å²) >= 11 is 4.69. The lowest BCUT2D eigenvalue weighted by atomic mass is 10.0. The highest BCUT2D eigenvalue weighted by Crippen LogP contribution is 2.31. The number of fused-ring (bicyclic) bond motifs is 3. The molecule has 4 rings (SSSR count). The summed E-state index contributed by atoms with van der Waals surface area (Å²) in [6, 6.07) is 21.1. The maximum atomic E-state index is 12.4. The first-order valence-corrected chi connectivity index (χ1v) is 12.4. The topological polar surface area (TPSA) is 46.4 Å². The molecule has 0 fully saturated rings. The van der Waals surface area contributed by atoms with Crippen molar-refractivity contribution in [3.05, 3.63) is 78.9 Å². The summed E-state index contributed by atoms with van der Waals surface area (Å²) in [5.74, 6) is 0.402. The van der Waals surface area contributed by atoms with Gasteiger partial charge in [-0.25, -0.2) is 5.43 Å². The van der Waals surface area contributed by atoms with Crippen LogP contribution in [0.15, 0.2) is 65.8 Å². The summed E-state index contributed by atoms with van der Waals surface area (Å²) in [6.45, 7) is 4.94. The zero-order chi connectivity index (χ0) is 22.0. The number of benzene rings is 3. The summed E-state index contributed by atoms with van der Waals surface area (Å²) in [6.07, 6.45) is 2.05. The van der Waals surface area contributed by atoms with Gasteiger partial charge in [-0.3, -0.25) is 4.79 Å². The van der Waals surface area contributed by atoms with E-state index in [1.807, 2.05) is 12.1 Å². The Morgan fingerprint density at radius 2 is 1.55 bits per heavy atom. The number of carbonyl (C=O) groups excluding carboxylic acids is 1. The molecule has 31 heavy (non-hydrogen) atoms. The first-order valence-electron chi connectivity index (χ1n) is 10.2. The highest BCUT2D eigenvalue weighted by Gasteiger charge is 2.12. The highest BCUT2D eigenvalue weighted by molar-refractivity contribution is 14.1. The van der Waals surface area contributed by atoms with Crippen molar-refractivity contribution < 1.29 is 4.79 Å². The van der Waals surface area contributed by atoms with Gasteiger partial charge in [0.05, 0.1) is 6.21 Å². The third kappa shape index (κ3) is 5.11. The van der Waals surface area contributed by atoms with Gasteiger partial charge in [0.25, 0.3) is 0 Å². The fourth-order valence-electron chi connectivity index (χ4n) is 3.70. The number of rotatable bonds is 6. The van der Waals surface area contributed by atoms with Gasteiger partial charge in [-0.15, -0.1) is 0 Å². The number of amides is 1. The van der Waals surface area contributed by atoms with Crippen molar-refractivity contribution >= 4 is 79.1 Å². The first-order chi connectivity index (χ1) is 14.9. The number of nitrogens with one attached hydrogen (secondary N) is 1. The predicted molar refractivity (Wildman–Crippen MR) is 146 cm³/mol. The van der Waals surface area contributed by atoms with E-state index in [0.29, 0.717) is 18.9 Å². The predicted octanol–water partition coefficient (Wildman–Crippen LogP) is 6.67. The second-order valence-corrected chi connectivity index (χ2v) is 10.3. The van der Waals surface area contributed by atoms with Crippen molar-refractivity contribution in [3.63, 3.8) is 0 Å². The Labute approximate surface area is 209 Å². The van der Waals surface area contributed by atoms with E-state index in [-0.39, 0.29) is 5.91 Å². The zero-order valence-corrected chi connectivity index (χ0v) is 21.7. The Hall–Kier alpha value is -1.94. The summed E-state index contributed by atoms with van der Waals surface area (Å²) < 4.78 is 4.64. The number of halogens is 2. The minimum Gasteiger partial charge on any atom is -0.340 e. The molecule has 158 valence electrons. The van der Waals surface area contributed by atoms with E-state index >= 15 is 0 Å². The second-order valence-electron chi connectivity index (χ2n) is 7.84. The number of hydrogen-bond acceptors (Lipinski definition) is 2. The van der Waals surface area contributed by atoms with Crippen LogP contribution in [0, 0.1) is 7.14 Å². The van der Waals surface area contributed by atoms with Crippen LogP contribution in [0.1, 0.15) is 37.3 Å². The zero-order valence-electron chi connectivity index (χ0n) is 17.4. The monoisotopic (exact) mass is 635 g/mol. The molecule has 1 N–H and O–H groups in total. The summed E-state index contributed by atoms with van der Waals surface area (Å²) in [4.78, 5) is 12.4. The van der Waals surface area contributed by atoms with Crippen LogP contribution < -0.4 is 5.43 Å². The van der Waals surface area contributed by atoms with Crippen molar-refractivity contribution in [2.75, 3.05) is 0 Å². The fraction of sp³-hybridized carbons (Fsp3) is 0.200. The molecule has 0 saturated carbocycles. The normalized spacial score (nSPS) is 11.8. The smallest absolute Gasteiger partial charge is 0.241 e. The lowest BCUT2D eigenvalue weighted by molar-refractivity contribution is -0.121. The molecule has 0 unspecified atom stereocenters. The van der Waals surface area contributed by atoms with E-state index in [4.69, 9.17) is 0 Å². The van der Waals surface area contributed by atoms with Crippen molar-refractivity contribution in [1.82, 2.24) is 9.99 Å². The average molecular weight is 635 g/mol. The van der Waals surface area contributed by atoms with Crippen molar-refractivity contribution in [1.29, 1.82) is 0 Å². The Kier molecular flexibility index (Phi) is 6.95. The Balaban J connectivity index is 1.46. The molecule has 0 atom stereocenters. The van der Waals surface area contributed by atoms with E-state index < -0.39 is 0 Å². The van der Waals surface area contributed by atoms with Gasteiger partial charge in [0.2, 0.25) is 5.91 Å². The van der Waals surface area contributed by atoms with Gasteiger partial charge in [-0.2, -0.15) is 5.10 Å². The molecule has 0 aliphatic heterocycles. The maximum absolute atomic E-state index is 12.4. The third-order valence-corrected chi connectivity index (χ3v) is 6.70. The molecule has 0 spiro atoms. The number of carbonyl (C=O) groups is 1. The maximum Gasteiger partial charge on any atom is 0.241 e. The van der Waals surface area contributed by atoms with Gasteiger partial charge in [0.15, 0.2) is 0 Å². The van der Waals surface area contributed by atoms with Crippen LogP contribution in [0.4, 0.5) is 0 Å². The molecule has 0 radical (unpaired) electrons. The Morgan fingerprint density at radius 3 is 2.10 bits per heavy atom. The molecule has 0 aliphatic rings. The quantitative estimate of drug-likeness (QED) is 0.144. The van der Waals surface area contributed by atoms with Crippen molar-refractivity contribution in [2.24, 2.45) is 5.10 Å². The minimum absolute atomic E-state index is 0.0962. The number of nitrogens with zero attached hydrogens (tertiary/aromatic N) is 2. The Morgan fingerprint density at radius 1 is 0.968 bits per heavy atom. The lowest BCUT2D eigenvalue weighted by Crippen LogP contribution is -2.19. The molecule has 4 nitrogen and oxygen atoms in total. The van der Waals surface area contributed by atoms with Gasteiger partial charge < -0.3 is 4.57 Å². The first kappa shape index (κ1) is 22.3. The fourth-order valence-corrected chi connectivity index (χ4v) is 4.69. The third-order valence-electron chi connectivity index (χ3n) is 5.36. The van der Waals surface area contributed by atoms with Gasteiger partial charge in [0.1, 0.15) is 0 Å². The van der Waals surface area contributed by atoms with Gasteiger partial charge in [-0.1, -0.05) is 38.1 Å². The second kappa shape index (κ2) is 9.68. The molecule has 0 bridgehead atoms. The molecule has 6 heteroatoms.